The smallest absolute Gasteiger partial charge is 0.406 e. The van der Waals surface area contributed by atoms with Crippen LogP contribution >= 0.6 is 0 Å². The number of sulfonamides is 1. The summed E-state index contributed by atoms with van der Waals surface area (Å²) in [5.74, 6) is -0.108. The van der Waals surface area contributed by atoms with E-state index in [1.54, 1.807) is 0 Å². The van der Waals surface area contributed by atoms with E-state index in [-0.39, 0.29) is 41.1 Å². The summed E-state index contributed by atoms with van der Waals surface area (Å²) in [7, 11) is -4.03. The lowest BCUT2D eigenvalue weighted by Gasteiger charge is -2.59. The van der Waals surface area contributed by atoms with Crippen molar-refractivity contribution in [2.24, 2.45) is 34.3 Å². The van der Waals surface area contributed by atoms with Gasteiger partial charge < -0.3 is 15.8 Å². The van der Waals surface area contributed by atoms with Gasteiger partial charge in [-0.2, -0.15) is 0 Å². The average molecular weight is 516 g/mol. The predicted molar refractivity (Wildman–Crippen MR) is 117 cm³/mol. The van der Waals surface area contributed by atoms with Crippen molar-refractivity contribution in [2.75, 3.05) is 6.54 Å². The van der Waals surface area contributed by atoms with E-state index in [0.717, 1.165) is 43.5 Å². The molecule has 1 aromatic carbocycles. The highest BCUT2D eigenvalue weighted by molar-refractivity contribution is 7.89. The summed E-state index contributed by atoms with van der Waals surface area (Å²) >= 11 is 0. The van der Waals surface area contributed by atoms with Crippen LogP contribution in [0.5, 0.6) is 5.75 Å². The van der Waals surface area contributed by atoms with Gasteiger partial charge in [0.25, 0.3) is 0 Å². The third-order valence-electron chi connectivity index (χ3n) is 8.40. The zero-order valence-corrected chi connectivity index (χ0v) is 19.8. The normalized spacial score (nSPS) is 32.8. The van der Waals surface area contributed by atoms with Gasteiger partial charge in [0.15, 0.2) is 0 Å². The van der Waals surface area contributed by atoms with Crippen molar-refractivity contribution in [1.82, 2.24) is 10.0 Å². The highest BCUT2D eigenvalue weighted by Gasteiger charge is 2.59. The van der Waals surface area contributed by atoms with Crippen LogP contribution < -0.4 is 20.5 Å². The zero-order valence-electron chi connectivity index (χ0n) is 18.9. The van der Waals surface area contributed by atoms with Crippen LogP contribution in [-0.2, 0) is 19.6 Å². The maximum absolute atomic E-state index is 13.2. The van der Waals surface area contributed by atoms with Crippen LogP contribution in [0.2, 0.25) is 0 Å². The molecule has 1 aromatic rings. The van der Waals surface area contributed by atoms with E-state index in [1.807, 2.05) is 0 Å². The molecule has 2 atom stereocenters. The quantitative estimate of drug-likeness (QED) is 0.490. The van der Waals surface area contributed by atoms with Gasteiger partial charge in [-0.3, -0.25) is 9.59 Å². The molecule has 2 unspecified atom stereocenters. The second kappa shape index (κ2) is 8.09. The fourth-order valence-corrected chi connectivity index (χ4v) is 7.77. The molecule has 6 rings (SSSR count). The van der Waals surface area contributed by atoms with Crippen molar-refractivity contribution in [1.29, 1.82) is 0 Å². The van der Waals surface area contributed by atoms with Gasteiger partial charge in [0, 0.05) is 18.0 Å². The molecule has 0 heterocycles. The van der Waals surface area contributed by atoms with Crippen LogP contribution in [0.15, 0.2) is 29.2 Å². The first-order chi connectivity index (χ1) is 16.3. The second-order valence-corrected chi connectivity index (χ2v) is 12.5. The molecule has 12 heteroatoms. The number of carbonyl (C=O) groups is 2. The molecule has 192 valence electrons. The Bertz CT molecular complexity index is 1120. The predicted octanol–water partition coefficient (Wildman–Crippen LogP) is 2.44. The van der Waals surface area contributed by atoms with Gasteiger partial charge in [0.1, 0.15) is 5.75 Å². The van der Waals surface area contributed by atoms with Gasteiger partial charge in [0.05, 0.1) is 10.3 Å². The number of benzene rings is 1. The number of hydrogen-bond donors (Lipinski definition) is 3. The molecule has 0 saturated heterocycles. The van der Waals surface area contributed by atoms with Crippen molar-refractivity contribution in [3.63, 3.8) is 0 Å². The van der Waals surface area contributed by atoms with Gasteiger partial charge in [-0.05, 0) is 87.0 Å². The SMILES string of the molecule is NC(=O)C12CC3CC(C1)C(NC(=O)C1(CNS(=O)(=O)c4ccc(OC(F)(F)F)cc4)CC1)C(C3)C2. The van der Waals surface area contributed by atoms with E-state index < -0.39 is 33.0 Å². The Morgan fingerprint density at radius 3 is 2.17 bits per heavy atom. The number of nitrogens with one attached hydrogen (secondary N) is 2. The largest absolute Gasteiger partial charge is 0.573 e. The fraction of sp³-hybridized carbons (Fsp3) is 0.652. The lowest BCUT2D eigenvalue weighted by molar-refractivity contribution is -0.274. The molecule has 4 bridgehead atoms. The first-order valence-corrected chi connectivity index (χ1v) is 13.3. The van der Waals surface area contributed by atoms with Crippen LogP contribution in [0, 0.1) is 28.6 Å². The molecular weight excluding hydrogens is 487 g/mol. The van der Waals surface area contributed by atoms with Gasteiger partial charge >= 0.3 is 6.36 Å². The average Bonchev–Trinajstić information content (AvgIpc) is 3.55. The van der Waals surface area contributed by atoms with E-state index in [9.17, 15) is 31.2 Å². The number of rotatable bonds is 8. The molecule has 8 nitrogen and oxygen atoms in total. The van der Waals surface area contributed by atoms with E-state index >= 15 is 0 Å². The van der Waals surface area contributed by atoms with Crippen LogP contribution in [0.3, 0.4) is 0 Å². The molecule has 35 heavy (non-hydrogen) atoms. The molecule has 5 aliphatic carbocycles. The maximum atomic E-state index is 13.2. The Hall–Kier alpha value is -2.34. The summed E-state index contributed by atoms with van der Waals surface area (Å²) in [4.78, 5) is 25.1. The molecule has 0 spiro atoms. The number of alkyl halides is 3. The number of amides is 2. The summed E-state index contributed by atoms with van der Waals surface area (Å²) in [6, 6.07) is 3.85. The molecule has 5 saturated carbocycles. The Morgan fingerprint density at radius 1 is 1.06 bits per heavy atom. The fourth-order valence-electron chi connectivity index (χ4n) is 6.64. The first-order valence-electron chi connectivity index (χ1n) is 11.8. The third kappa shape index (κ3) is 4.62. The van der Waals surface area contributed by atoms with Crippen molar-refractivity contribution in [3.05, 3.63) is 24.3 Å². The van der Waals surface area contributed by atoms with E-state index in [4.69, 9.17) is 5.73 Å². The lowest BCUT2D eigenvalue weighted by Crippen LogP contribution is -2.62. The summed E-state index contributed by atoms with van der Waals surface area (Å²) in [5, 5.41) is 3.18. The minimum atomic E-state index is -4.87. The number of ether oxygens (including phenoxy) is 1. The van der Waals surface area contributed by atoms with E-state index in [1.165, 1.54) is 0 Å². The second-order valence-electron chi connectivity index (χ2n) is 10.7. The number of carbonyl (C=O) groups excluding carboxylic acids is 2. The van der Waals surface area contributed by atoms with Crippen LogP contribution in [-0.4, -0.2) is 39.2 Å². The summed E-state index contributed by atoms with van der Waals surface area (Å²) in [5.41, 5.74) is 4.43. The monoisotopic (exact) mass is 515 g/mol. The molecule has 5 fully saturated rings. The van der Waals surface area contributed by atoms with Crippen molar-refractivity contribution in [3.8, 4) is 5.75 Å². The third-order valence-corrected chi connectivity index (χ3v) is 9.81. The molecule has 0 radical (unpaired) electrons. The Balaban J connectivity index is 1.20. The molecule has 0 aliphatic heterocycles. The van der Waals surface area contributed by atoms with Gasteiger partial charge in [-0.1, -0.05) is 0 Å². The van der Waals surface area contributed by atoms with Gasteiger partial charge in [-0.25, -0.2) is 13.1 Å². The number of halogens is 3. The summed E-state index contributed by atoms with van der Waals surface area (Å²) < 4.78 is 68.5. The van der Waals surface area contributed by atoms with E-state index in [2.05, 4.69) is 14.8 Å². The summed E-state index contributed by atoms with van der Waals surface area (Å²) in [6.07, 6.45) is 0.342. The number of primary amides is 1. The first kappa shape index (κ1) is 24.4. The summed E-state index contributed by atoms with van der Waals surface area (Å²) in [6.45, 7) is -0.0993. The van der Waals surface area contributed by atoms with E-state index in [0.29, 0.717) is 31.6 Å². The lowest BCUT2D eigenvalue weighted by atomic mass is 9.47. The van der Waals surface area contributed by atoms with Crippen LogP contribution in [0.1, 0.15) is 44.9 Å². The molecular formula is C23H28F3N3O5S. The minimum Gasteiger partial charge on any atom is -0.406 e. The minimum absolute atomic E-state index is 0.0400. The van der Waals surface area contributed by atoms with Crippen molar-refractivity contribution < 1.29 is 35.9 Å². The number of hydrogen-bond acceptors (Lipinski definition) is 5. The Kier molecular flexibility index (Phi) is 5.63. The zero-order chi connectivity index (χ0) is 25.2. The Morgan fingerprint density at radius 2 is 1.66 bits per heavy atom. The molecule has 0 aromatic heterocycles. The van der Waals surface area contributed by atoms with Gasteiger partial charge in [-0.15, -0.1) is 13.2 Å². The van der Waals surface area contributed by atoms with Crippen LogP contribution in [0.4, 0.5) is 13.2 Å². The topological polar surface area (TPSA) is 128 Å². The van der Waals surface area contributed by atoms with Crippen molar-refractivity contribution >= 4 is 21.8 Å². The molecule has 5 aliphatic rings. The highest BCUT2D eigenvalue weighted by atomic mass is 32.2. The number of nitrogens with two attached hydrogens (primary N) is 1. The highest BCUT2D eigenvalue weighted by Crippen LogP contribution is 2.60. The molecule has 4 N–H and O–H groups in total. The van der Waals surface area contributed by atoms with Crippen molar-refractivity contribution in [2.45, 2.75) is 62.2 Å². The van der Waals surface area contributed by atoms with Crippen LogP contribution in [0.25, 0.3) is 0 Å². The maximum Gasteiger partial charge on any atom is 0.573 e. The molecule has 2 amide bonds. The standard InChI is InChI=1S/C23H28F3N3O5S/c24-23(25,26)34-16-1-3-17(4-2-16)35(32,33)28-12-21(5-6-21)20(31)29-18-14-7-13-8-15(18)11-22(9-13,10-14)19(27)30/h1-4,13-15,18,28H,5-12H2,(H2,27,30)(H,29,31). The van der Waals surface area contributed by atoms with Gasteiger partial charge in [0.2, 0.25) is 21.8 Å². The Labute approximate surface area is 201 Å².